The monoisotopic (exact) mass is 269 g/mol. The molecule has 3 nitrogen and oxygen atoms in total. The lowest BCUT2D eigenvalue weighted by Gasteiger charge is -2.08. The molecule has 0 fully saturated rings. The number of primary sulfonamides is 1. The smallest absolute Gasteiger partial charge is 0.225 e. The molecule has 94 valence electrons. The van der Waals surface area contributed by atoms with Crippen molar-refractivity contribution in [2.45, 2.75) is 4.90 Å². The van der Waals surface area contributed by atoms with Gasteiger partial charge in [-0.1, -0.05) is 18.2 Å². The fraction of sp³-hybridized carbons (Fsp3) is 0. The summed E-state index contributed by atoms with van der Waals surface area (Å²) >= 11 is 0. The number of rotatable bonds is 2. The molecule has 0 unspecified atom stereocenters. The van der Waals surface area contributed by atoms with Gasteiger partial charge in [0.2, 0.25) is 10.0 Å². The highest BCUT2D eigenvalue weighted by Gasteiger charge is 2.17. The maximum Gasteiger partial charge on any atom is 0.238 e. The first-order chi connectivity index (χ1) is 8.39. The van der Waals surface area contributed by atoms with Crippen molar-refractivity contribution in [1.29, 1.82) is 0 Å². The van der Waals surface area contributed by atoms with E-state index in [9.17, 15) is 17.2 Å². The van der Waals surface area contributed by atoms with Crippen LogP contribution in [0.3, 0.4) is 0 Å². The van der Waals surface area contributed by atoms with Crippen LogP contribution < -0.4 is 5.14 Å². The van der Waals surface area contributed by atoms with E-state index in [1.165, 1.54) is 24.3 Å². The second kappa shape index (κ2) is 4.47. The van der Waals surface area contributed by atoms with E-state index in [0.717, 1.165) is 18.2 Å². The molecule has 2 aromatic rings. The van der Waals surface area contributed by atoms with Crippen LogP contribution in [0.2, 0.25) is 0 Å². The van der Waals surface area contributed by atoms with Gasteiger partial charge in [0.1, 0.15) is 11.6 Å². The highest BCUT2D eigenvalue weighted by molar-refractivity contribution is 7.89. The van der Waals surface area contributed by atoms with Gasteiger partial charge >= 0.3 is 0 Å². The first-order valence-electron chi connectivity index (χ1n) is 4.97. The van der Waals surface area contributed by atoms with Crippen LogP contribution in [0.15, 0.2) is 47.4 Å². The van der Waals surface area contributed by atoms with Crippen molar-refractivity contribution in [2.24, 2.45) is 5.14 Å². The highest BCUT2D eigenvalue weighted by atomic mass is 32.2. The third kappa shape index (κ3) is 2.39. The highest BCUT2D eigenvalue weighted by Crippen LogP contribution is 2.29. The van der Waals surface area contributed by atoms with Crippen LogP contribution in [0, 0.1) is 11.6 Å². The first-order valence-corrected chi connectivity index (χ1v) is 6.51. The molecule has 0 aromatic heterocycles. The molecule has 0 amide bonds. The van der Waals surface area contributed by atoms with Crippen LogP contribution in [0.1, 0.15) is 0 Å². The van der Waals surface area contributed by atoms with Crippen molar-refractivity contribution in [3.05, 3.63) is 54.1 Å². The Bertz CT molecular complexity index is 699. The van der Waals surface area contributed by atoms with Crippen molar-refractivity contribution in [1.82, 2.24) is 0 Å². The Hall–Kier alpha value is -1.79. The Balaban J connectivity index is 2.76. The number of benzene rings is 2. The predicted molar refractivity (Wildman–Crippen MR) is 63.2 cm³/mol. The van der Waals surface area contributed by atoms with Gasteiger partial charge in [0.25, 0.3) is 0 Å². The molecule has 2 rings (SSSR count). The summed E-state index contributed by atoms with van der Waals surface area (Å²) in [4.78, 5) is -0.241. The predicted octanol–water partition coefficient (Wildman–Crippen LogP) is 2.28. The summed E-state index contributed by atoms with van der Waals surface area (Å²) in [5.41, 5.74) is -0.100. The molecule has 0 saturated heterocycles. The molecule has 2 N–H and O–H groups in total. The Kier molecular flexibility index (Phi) is 3.14. The SMILES string of the molecule is NS(=O)(=O)c1ccccc1-c1cc(F)ccc1F. The molecule has 2 aromatic carbocycles. The number of halogens is 2. The van der Waals surface area contributed by atoms with E-state index >= 15 is 0 Å². The van der Waals surface area contributed by atoms with E-state index in [1.54, 1.807) is 0 Å². The second-order valence-corrected chi connectivity index (χ2v) is 5.20. The van der Waals surface area contributed by atoms with Crippen molar-refractivity contribution < 1.29 is 17.2 Å². The van der Waals surface area contributed by atoms with Gasteiger partial charge in [-0.05, 0) is 24.3 Å². The van der Waals surface area contributed by atoms with Crippen LogP contribution in [0.4, 0.5) is 8.78 Å². The van der Waals surface area contributed by atoms with E-state index in [2.05, 4.69) is 0 Å². The lowest BCUT2D eigenvalue weighted by Crippen LogP contribution is -2.13. The van der Waals surface area contributed by atoms with Crippen molar-refractivity contribution >= 4 is 10.0 Å². The van der Waals surface area contributed by atoms with Crippen molar-refractivity contribution in [2.75, 3.05) is 0 Å². The van der Waals surface area contributed by atoms with Gasteiger partial charge in [-0.3, -0.25) is 0 Å². The minimum absolute atomic E-state index is 0.0389. The van der Waals surface area contributed by atoms with E-state index in [4.69, 9.17) is 5.14 Å². The molecule has 0 spiro atoms. The van der Waals surface area contributed by atoms with Crippen LogP contribution in [-0.4, -0.2) is 8.42 Å². The summed E-state index contributed by atoms with van der Waals surface area (Å²) in [6, 6.07) is 8.42. The molecule has 0 radical (unpaired) electrons. The number of hydrogen-bond donors (Lipinski definition) is 1. The number of nitrogens with two attached hydrogens (primary N) is 1. The molecule has 0 aliphatic carbocycles. The summed E-state index contributed by atoms with van der Waals surface area (Å²) in [7, 11) is -4.00. The maximum absolute atomic E-state index is 13.6. The normalized spacial score (nSPS) is 11.5. The molecule has 0 aliphatic rings. The van der Waals surface area contributed by atoms with Crippen molar-refractivity contribution in [3.8, 4) is 11.1 Å². The average molecular weight is 269 g/mol. The summed E-state index contributed by atoms with van der Waals surface area (Å²) < 4.78 is 49.5. The van der Waals surface area contributed by atoms with Crippen LogP contribution in [0.25, 0.3) is 11.1 Å². The maximum atomic E-state index is 13.6. The van der Waals surface area contributed by atoms with E-state index < -0.39 is 21.7 Å². The van der Waals surface area contributed by atoms with Gasteiger partial charge in [-0.15, -0.1) is 0 Å². The molecule has 0 atom stereocenters. The molecule has 18 heavy (non-hydrogen) atoms. The molecule has 6 heteroatoms. The Morgan fingerprint density at radius 1 is 0.944 bits per heavy atom. The zero-order valence-electron chi connectivity index (χ0n) is 9.10. The summed E-state index contributed by atoms with van der Waals surface area (Å²) in [5.74, 6) is -1.37. The summed E-state index contributed by atoms with van der Waals surface area (Å²) in [6.07, 6.45) is 0. The number of sulfonamides is 1. The fourth-order valence-electron chi connectivity index (χ4n) is 1.64. The minimum Gasteiger partial charge on any atom is -0.225 e. The first kappa shape index (κ1) is 12.7. The third-order valence-corrected chi connectivity index (χ3v) is 3.38. The second-order valence-electron chi connectivity index (χ2n) is 3.67. The fourth-order valence-corrected chi connectivity index (χ4v) is 2.39. The molecular weight excluding hydrogens is 260 g/mol. The zero-order chi connectivity index (χ0) is 13.3. The molecule has 0 heterocycles. The van der Waals surface area contributed by atoms with Gasteiger partial charge in [0, 0.05) is 11.1 Å². The molecule has 0 aliphatic heterocycles. The van der Waals surface area contributed by atoms with Crippen LogP contribution in [0.5, 0.6) is 0 Å². The summed E-state index contributed by atoms with van der Waals surface area (Å²) in [6.45, 7) is 0. The lowest BCUT2D eigenvalue weighted by molar-refractivity contribution is 0.596. The quantitative estimate of drug-likeness (QED) is 0.909. The third-order valence-electron chi connectivity index (χ3n) is 2.41. The minimum atomic E-state index is -4.00. The van der Waals surface area contributed by atoms with E-state index in [0.29, 0.717) is 0 Å². The number of hydrogen-bond acceptors (Lipinski definition) is 2. The Morgan fingerprint density at radius 3 is 2.28 bits per heavy atom. The van der Waals surface area contributed by atoms with Gasteiger partial charge in [0.15, 0.2) is 0 Å². The van der Waals surface area contributed by atoms with Crippen molar-refractivity contribution in [3.63, 3.8) is 0 Å². The molecule has 0 saturated carbocycles. The van der Waals surface area contributed by atoms with Gasteiger partial charge in [0.05, 0.1) is 4.90 Å². The molecular formula is C12H9F2NO2S. The Morgan fingerprint density at radius 2 is 1.61 bits per heavy atom. The average Bonchev–Trinajstić information content (AvgIpc) is 2.31. The van der Waals surface area contributed by atoms with Gasteiger partial charge < -0.3 is 0 Å². The molecule has 0 bridgehead atoms. The van der Waals surface area contributed by atoms with Gasteiger partial charge in [-0.25, -0.2) is 22.3 Å². The van der Waals surface area contributed by atoms with Crippen LogP contribution in [-0.2, 0) is 10.0 Å². The van der Waals surface area contributed by atoms with Gasteiger partial charge in [-0.2, -0.15) is 0 Å². The zero-order valence-corrected chi connectivity index (χ0v) is 9.92. The van der Waals surface area contributed by atoms with Crippen LogP contribution >= 0.6 is 0 Å². The van der Waals surface area contributed by atoms with E-state index in [1.807, 2.05) is 0 Å². The standard InChI is InChI=1S/C12H9F2NO2S/c13-8-5-6-11(14)10(7-8)9-3-1-2-4-12(9)18(15,16)17/h1-7H,(H2,15,16,17). The topological polar surface area (TPSA) is 60.2 Å². The van der Waals surface area contributed by atoms with E-state index in [-0.39, 0.29) is 16.0 Å². The largest absolute Gasteiger partial charge is 0.238 e. The Labute approximate surface area is 103 Å². The summed E-state index contributed by atoms with van der Waals surface area (Å²) in [5, 5.41) is 5.04. The lowest BCUT2D eigenvalue weighted by atomic mass is 10.1.